The van der Waals surface area contributed by atoms with Gasteiger partial charge in [0.1, 0.15) is 0 Å². The highest BCUT2D eigenvalue weighted by molar-refractivity contribution is 7.91. The molecule has 1 rings (SSSR count). The van der Waals surface area contributed by atoms with Gasteiger partial charge in [-0.2, -0.15) is 0 Å². The molecule has 0 radical (unpaired) electrons. The highest BCUT2D eigenvalue weighted by Gasteiger charge is 2.26. The SMILES string of the molecule is CCS(=O)CCNC1CCS(=O)(=O)C1. The second kappa shape index (κ2) is 5.23. The molecule has 6 heteroatoms. The first-order chi connectivity index (χ1) is 6.53. The first-order valence-corrected chi connectivity index (χ1v) is 8.13. The molecule has 1 aliphatic rings. The summed E-state index contributed by atoms with van der Waals surface area (Å²) in [7, 11) is -3.55. The quantitative estimate of drug-likeness (QED) is 0.704. The average molecular weight is 239 g/mol. The summed E-state index contributed by atoms with van der Waals surface area (Å²) in [6.07, 6.45) is 0.696. The lowest BCUT2D eigenvalue weighted by Crippen LogP contribution is -2.33. The Balaban J connectivity index is 2.18. The molecule has 0 bridgehead atoms. The molecule has 1 N–H and O–H groups in total. The van der Waals surface area contributed by atoms with Gasteiger partial charge in [-0.25, -0.2) is 8.42 Å². The Morgan fingerprint density at radius 3 is 2.71 bits per heavy atom. The lowest BCUT2D eigenvalue weighted by Gasteiger charge is -2.09. The van der Waals surface area contributed by atoms with Crippen LogP contribution in [0.5, 0.6) is 0 Å². The molecular weight excluding hydrogens is 222 g/mol. The average Bonchev–Trinajstić information content (AvgIpc) is 2.45. The van der Waals surface area contributed by atoms with Gasteiger partial charge in [-0.3, -0.25) is 4.21 Å². The minimum atomic E-state index is -2.79. The third-order valence-electron chi connectivity index (χ3n) is 2.32. The van der Waals surface area contributed by atoms with E-state index in [0.29, 0.717) is 30.2 Å². The Bertz CT molecular complexity index is 300. The van der Waals surface area contributed by atoms with Crippen molar-refractivity contribution in [3.05, 3.63) is 0 Å². The van der Waals surface area contributed by atoms with E-state index in [1.54, 1.807) is 0 Å². The summed E-state index contributed by atoms with van der Waals surface area (Å²) in [6.45, 7) is 2.54. The largest absolute Gasteiger partial charge is 0.312 e. The van der Waals surface area contributed by atoms with Crippen molar-refractivity contribution in [2.45, 2.75) is 19.4 Å². The summed E-state index contributed by atoms with van der Waals surface area (Å²) in [5.74, 6) is 1.82. The number of rotatable bonds is 5. The molecule has 2 atom stereocenters. The van der Waals surface area contributed by atoms with Gasteiger partial charge in [-0.05, 0) is 6.42 Å². The van der Waals surface area contributed by atoms with E-state index in [1.807, 2.05) is 6.92 Å². The molecule has 1 aliphatic heterocycles. The van der Waals surface area contributed by atoms with Crippen LogP contribution in [-0.4, -0.2) is 48.2 Å². The predicted molar refractivity (Wildman–Crippen MR) is 58.6 cm³/mol. The van der Waals surface area contributed by atoms with Gasteiger partial charge in [-0.1, -0.05) is 6.92 Å². The zero-order valence-electron chi connectivity index (χ0n) is 8.36. The minimum absolute atomic E-state index is 0.0776. The summed E-state index contributed by atoms with van der Waals surface area (Å²) in [5.41, 5.74) is 0. The first-order valence-electron chi connectivity index (χ1n) is 4.82. The molecule has 14 heavy (non-hydrogen) atoms. The summed E-state index contributed by atoms with van der Waals surface area (Å²) in [5, 5.41) is 3.13. The van der Waals surface area contributed by atoms with E-state index in [9.17, 15) is 12.6 Å². The van der Waals surface area contributed by atoms with Crippen molar-refractivity contribution in [2.24, 2.45) is 0 Å². The van der Waals surface area contributed by atoms with Crippen molar-refractivity contribution >= 4 is 20.6 Å². The molecule has 0 saturated carbocycles. The van der Waals surface area contributed by atoms with Crippen LogP contribution in [0.4, 0.5) is 0 Å². The standard InChI is InChI=1S/C8H17NO3S2/c1-2-13(10)5-4-9-8-3-6-14(11,12)7-8/h8-9H,2-7H2,1H3. The molecule has 0 aromatic carbocycles. The Morgan fingerprint density at radius 1 is 1.50 bits per heavy atom. The van der Waals surface area contributed by atoms with Crippen LogP contribution in [-0.2, 0) is 20.6 Å². The number of nitrogens with one attached hydrogen (secondary N) is 1. The zero-order chi connectivity index (χ0) is 10.6. The van der Waals surface area contributed by atoms with Gasteiger partial charge >= 0.3 is 0 Å². The van der Waals surface area contributed by atoms with Crippen LogP contribution < -0.4 is 5.32 Å². The molecule has 1 heterocycles. The summed E-state index contributed by atoms with van der Waals surface area (Å²) >= 11 is 0. The lowest BCUT2D eigenvalue weighted by atomic mass is 10.3. The Labute approximate surface area is 87.8 Å². The molecule has 0 aliphatic carbocycles. The second-order valence-corrected chi connectivity index (χ2v) is 7.58. The maximum atomic E-state index is 11.1. The van der Waals surface area contributed by atoms with E-state index < -0.39 is 20.6 Å². The van der Waals surface area contributed by atoms with E-state index in [4.69, 9.17) is 0 Å². The molecular formula is C8H17NO3S2. The third kappa shape index (κ3) is 4.06. The minimum Gasteiger partial charge on any atom is -0.312 e. The Morgan fingerprint density at radius 2 is 2.21 bits per heavy atom. The maximum absolute atomic E-state index is 11.1. The van der Waals surface area contributed by atoms with Gasteiger partial charge < -0.3 is 5.32 Å². The van der Waals surface area contributed by atoms with Gasteiger partial charge in [-0.15, -0.1) is 0 Å². The van der Waals surface area contributed by atoms with Crippen molar-refractivity contribution < 1.29 is 12.6 Å². The fraction of sp³-hybridized carbons (Fsp3) is 1.00. The molecule has 0 amide bonds. The van der Waals surface area contributed by atoms with E-state index in [0.717, 1.165) is 0 Å². The van der Waals surface area contributed by atoms with Gasteiger partial charge in [0.25, 0.3) is 0 Å². The van der Waals surface area contributed by atoms with Gasteiger partial charge in [0, 0.05) is 34.9 Å². The monoisotopic (exact) mass is 239 g/mol. The Kier molecular flexibility index (Phi) is 4.53. The van der Waals surface area contributed by atoms with Crippen LogP contribution >= 0.6 is 0 Å². The number of hydrogen-bond acceptors (Lipinski definition) is 4. The lowest BCUT2D eigenvalue weighted by molar-refractivity contribution is 0.572. The van der Waals surface area contributed by atoms with Crippen molar-refractivity contribution in [3.8, 4) is 0 Å². The molecule has 0 spiro atoms. The fourth-order valence-corrected chi connectivity index (χ4v) is 3.82. The van der Waals surface area contributed by atoms with Crippen LogP contribution in [0.2, 0.25) is 0 Å². The maximum Gasteiger partial charge on any atom is 0.151 e. The second-order valence-electron chi connectivity index (χ2n) is 3.49. The van der Waals surface area contributed by atoms with E-state index in [1.165, 1.54) is 0 Å². The summed E-state index contributed by atoms with van der Waals surface area (Å²) < 4.78 is 33.3. The summed E-state index contributed by atoms with van der Waals surface area (Å²) in [4.78, 5) is 0. The topological polar surface area (TPSA) is 63.2 Å². The summed E-state index contributed by atoms with van der Waals surface area (Å²) in [6, 6.07) is 0.0776. The van der Waals surface area contributed by atoms with E-state index in [-0.39, 0.29) is 11.8 Å². The highest BCUT2D eigenvalue weighted by Crippen LogP contribution is 2.10. The zero-order valence-corrected chi connectivity index (χ0v) is 9.99. The molecule has 4 nitrogen and oxygen atoms in total. The molecule has 0 aromatic rings. The van der Waals surface area contributed by atoms with Crippen LogP contribution in [0.3, 0.4) is 0 Å². The first kappa shape index (κ1) is 12.1. The van der Waals surface area contributed by atoms with Gasteiger partial charge in [0.2, 0.25) is 0 Å². The molecule has 2 unspecified atom stereocenters. The molecule has 84 valence electrons. The van der Waals surface area contributed by atoms with Crippen molar-refractivity contribution in [3.63, 3.8) is 0 Å². The van der Waals surface area contributed by atoms with Crippen molar-refractivity contribution in [1.29, 1.82) is 0 Å². The molecule has 1 fully saturated rings. The molecule has 1 saturated heterocycles. The molecule has 0 aromatic heterocycles. The van der Waals surface area contributed by atoms with Gasteiger partial charge in [0.05, 0.1) is 11.5 Å². The van der Waals surface area contributed by atoms with Crippen LogP contribution in [0, 0.1) is 0 Å². The van der Waals surface area contributed by atoms with Crippen molar-refractivity contribution in [1.82, 2.24) is 5.32 Å². The van der Waals surface area contributed by atoms with Crippen LogP contribution in [0.25, 0.3) is 0 Å². The van der Waals surface area contributed by atoms with Crippen LogP contribution in [0.1, 0.15) is 13.3 Å². The fourth-order valence-electron chi connectivity index (χ4n) is 1.48. The van der Waals surface area contributed by atoms with E-state index >= 15 is 0 Å². The van der Waals surface area contributed by atoms with Gasteiger partial charge in [0.15, 0.2) is 9.84 Å². The highest BCUT2D eigenvalue weighted by atomic mass is 32.2. The number of sulfone groups is 1. The van der Waals surface area contributed by atoms with Crippen molar-refractivity contribution in [2.75, 3.05) is 29.6 Å². The third-order valence-corrected chi connectivity index (χ3v) is 5.39. The van der Waals surface area contributed by atoms with E-state index in [2.05, 4.69) is 5.32 Å². The van der Waals surface area contributed by atoms with Crippen LogP contribution in [0.15, 0.2) is 0 Å². The number of hydrogen-bond donors (Lipinski definition) is 1. The smallest absolute Gasteiger partial charge is 0.151 e. The predicted octanol–water partition coefficient (Wildman–Crippen LogP) is -0.468. The Hall–Kier alpha value is 0.0600. The normalized spacial score (nSPS) is 27.6.